The summed E-state index contributed by atoms with van der Waals surface area (Å²) < 4.78 is 17.0. The van der Waals surface area contributed by atoms with E-state index in [1.807, 2.05) is 20.8 Å². The number of benzene rings is 1. The molecule has 11 nitrogen and oxygen atoms in total. The van der Waals surface area contributed by atoms with Crippen LogP contribution in [0.2, 0.25) is 5.02 Å². The highest BCUT2D eigenvalue weighted by Crippen LogP contribution is 2.35. The summed E-state index contributed by atoms with van der Waals surface area (Å²) in [7, 11) is 0. The van der Waals surface area contributed by atoms with E-state index in [4.69, 9.17) is 31.5 Å². The van der Waals surface area contributed by atoms with Crippen LogP contribution in [0.3, 0.4) is 0 Å². The minimum atomic E-state index is -0.807. The second-order valence-corrected chi connectivity index (χ2v) is 9.65. The highest BCUT2D eigenvalue weighted by atomic mass is 35.5. The number of hydrogen-bond acceptors (Lipinski definition) is 8. The Morgan fingerprint density at radius 1 is 1.30 bits per heavy atom. The zero-order chi connectivity index (χ0) is 24.4. The summed E-state index contributed by atoms with van der Waals surface area (Å²) in [5.74, 6) is -0.762. The van der Waals surface area contributed by atoms with Gasteiger partial charge < -0.3 is 24.8 Å². The Morgan fingerprint density at radius 2 is 2.00 bits per heavy atom. The Bertz CT molecular complexity index is 928. The fourth-order valence-corrected chi connectivity index (χ4v) is 4.11. The molecule has 2 amide bonds. The van der Waals surface area contributed by atoms with Crippen molar-refractivity contribution in [2.75, 3.05) is 45.9 Å². The van der Waals surface area contributed by atoms with Crippen LogP contribution in [0, 0.1) is 10.1 Å². The summed E-state index contributed by atoms with van der Waals surface area (Å²) in [4.78, 5) is 38.1. The first kappa shape index (κ1) is 25.0. The molecule has 1 spiro atoms. The molecule has 12 heteroatoms. The quantitative estimate of drug-likeness (QED) is 0.354. The average molecular weight is 485 g/mol. The average Bonchev–Trinajstić information content (AvgIpc) is 2.69. The van der Waals surface area contributed by atoms with E-state index in [2.05, 4.69) is 4.90 Å². The molecule has 2 N–H and O–H groups in total. The molecule has 2 aliphatic heterocycles. The number of rotatable bonds is 7. The summed E-state index contributed by atoms with van der Waals surface area (Å²) in [5, 5.41) is 11.0. The number of nitro groups is 1. The third-order valence-corrected chi connectivity index (χ3v) is 5.68. The molecule has 0 aliphatic carbocycles. The molecule has 0 bridgehead atoms. The molecule has 182 valence electrons. The lowest BCUT2D eigenvalue weighted by Gasteiger charge is -2.53. The van der Waals surface area contributed by atoms with E-state index in [0.717, 1.165) is 6.07 Å². The van der Waals surface area contributed by atoms with Crippen molar-refractivity contribution in [1.29, 1.82) is 0 Å². The van der Waals surface area contributed by atoms with Crippen molar-refractivity contribution in [2.24, 2.45) is 5.73 Å². The predicted octanol–water partition coefficient (Wildman–Crippen LogP) is 2.44. The minimum Gasteiger partial charge on any atom is -0.492 e. The van der Waals surface area contributed by atoms with Crippen LogP contribution < -0.4 is 10.5 Å². The van der Waals surface area contributed by atoms with E-state index in [1.54, 1.807) is 4.90 Å². The Balaban J connectivity index is 1.47. The van der Waals surface area contributed by atoms with Gasteiger partial charge in [-0.05, 0) is 33.3 Å². The topological polar surface area (TPSA) is 137 Å². The number of morpholine rings is 1. The Labute approximate surface area is 196 Å². The minimum absolute atomic E-state index is 0.0448. The van der Waals surface area contributed by atoms with Crippen molar-refractivity contribution in [3.63, 3.8) is 0 Å². The number of halogens is 1. The number of primary amides is 1. The van der Waals surface area contributed by atoms with Gasteiger partial charge in [0.1, 0.15) is 17.0 Å². The summed E-state index contributed by atoms with van der Waals surface area (Å²) in [5.41, 5.74) is 3.82. The number of carbonyl (C=O) groups is 2. The number of likely N-dealkylation sites (tertiary alicyclic amines) is 1. The summed E-state index contributed by atoms with van der Waals surface area (Å²) in [6, 6.07) is 2.33. The van der Waals surface area contributed by atoms with Crippen LogP contribution in [-0.4, -0.2) is 83.9 Å². The highest BCUT2D eigenvalue weighted by Gasteiger charge is 2.48. The molecule has 0 aromatic heterocycles. The molecule has 0 unspecified atom stereocenters. The van der Waals surface area contributed by atoms with Crippen LogP contribution in [0.15, 0.2) is 12.1 Å². The molecule has 0 saturated carbocycles. The summed E-state index contributed by atoms with van der Waals surface area (Å²) in [6.45, 7) is 9.25. The SMILES string of the molecule is CC(C)(C)OC(=O)N1CCOC2(CN(CCCOc3cc(C(N)=O)cc([N+](=O)[O-])c3Cl)C2)C1. The third kappa shape index (κ3) is 6.24. The Hall–Kier alpha value is -2.63. The zero-order valence-electron chi connectivity index (χ0n) is 19.0. The molecular formula is C21H29ClN4O7. The number of nitro benzene ring substituents is 1. The van der Waals surface area contributed by atoms with E-state index in [0.29, 0.717) is 45.8 Å². The normalized spacial score (nSPS) is 18.0. The van der Waals surface area contributed by atoms with E-state index >= 15 is 0 Å². The monoisotopic (exact) mass is 484 g/mol. The second kappa shape index (κ2) is 9.70. The van der Waals surface area contributed by atoms with Gasteiger partial charge in [-0.15, -0.1) is 0 Å². The first-order valence-electron chi connectivity index (χ1n) is 10.6. The molecule has 1 aromatic carbocycles. The van der Waals surface area contributed by atoms with E-state index in [-0.39, 0.29) is 29.0 Å². The van der Waals surface area contributed by atoms with Gasteiger partial charge in [-0.25, -0.2) is 4.79 Å². The molecule has 2 fully saturated rings. The fraction of sp³-hybridized carbons (Fsp3) is 0.619. The van der Waals surface area contributed by atoms with Crippen molar-refractivity contribution in [3.8, 4) is 5.75 Å². The molecular weight excluding hydrogens is 456 g/mol. The third-order valence-electron chi connectivity index (χ3n) is 5.30. The number of nitrogens with two attached hydrogens (primary N) is 1. The van der Waals surface area contributed by atoms with Gasteiger partial charge in [-0.1, -0.05) is 11.6 Å². The van der Waals surface area contributed by atoms with Crippen LogP contribution in [0.25, 0.3) is 0 Å². The van der Waals surface area contributed by atoms with Gasteiger partial charge in [-0.2, -0.15) is 0 Å². The molecule has 0 radical (unpaired) electrons. The fourth-order valence-electron chi connectivity index (χ4n) is 3.88. The standard InChI is InChI=1S/C21H29ClN4O7/c1-20(2,3)33-19(28)25-6-8-32-21(13-25)11-24(12-21)5-4-7-31-16-10-14(18(23)27)9-15(17(16)22)26(29)30/h9-10H,4-8,11-13H2,1-3H3,(H2,23,27). The van der Waals surface area contributed by atoms with E-state index in [1.165, 1.54) is 6.07 Å². The molecule has 33 heavy (non-hydrogen) atoms. The smallest absolute Gasteiger partial charge is 0.410 e. The van der Waals surface area contributed by atoms with Gasteiger partial charge in [-0.3, -0.25) is 19.8 Å². The predicted molar refractivity (Wildman–Crippen MR) is 120 cm³/mol. The van der Waals surface area contributed by atoms with E-state index in [9.17, 15) is 19.7 Å². The maximum atomic E-state index is 12.4. The van der Waals surface area contributed by atoms with Crippen LogP contribution in [0.1, 0.15) is 37.6 Å². The van der Waals surface area contributed by atoms with Gasteiger partial charge in [0.15, 0.2) is 5.02 Å². The number of ether oxygens (including phenoxy) is 3. The first-order valence-corrected chi connectivity index (χ1v) is 11.0. The number of hydrogen-bond donors (Lipinski definition) is 1. The van der Waals surface area contributed by atoms with Crippen LogP contribution in [-0.2, 0) is 9.47 Å². The largest absolute Gasteiger partial charge is 0.492 e. The highest BCUT2D eigenvalue weighted by molar-refractivity contribution is 6.34. The number of nitrogens with zero attached hydrogens (tertiary/aromatic N) is 3. The van der Waals surface area contributed by atoms with Crippen LogP contribution in [0.4, 0.5) is 10.5 Å². The van der Waals surface area contributed by atoms with Crippen molar-refractivity contribution in [2.45, 2.75) is 38.4 Å². The van der Waals surface area contributed by atoms with Crippen molar-refractivity contribution in [1.82, 2.24) is 9.80 Å². The summed E-state index contributed by atoms with van der Waals surface area (Å²) in [6.07, 6.45) is 0.290. The van der Waals surface area contributed by atoms with Crippen molar-refractivity contribution < 1.29 is 28.7 Å². The lowest BCUT2D eigenvalue weighted by Crippen LogP contribution is -2.70. The van der Waals surface area contributed by atoms with Crippen LogP contribution >= 0.6 is 11.6 Å². The molecule has 0 atom stereocenters. The van der Waals surface area contributed by atoms with Gasteiger partial charge in [0.2, 0.25) is 5.91 Å². The zero-order valence-corrected chi connectivity index (χ0v) is 19.7. The van der Waals surface area contributed by atoms with Crippen molar-refractivity contribution >= 4 is 29.3 Å². The molecule has 2 saturated heterocycles. The maximum Gasteiger partial charge on any atom is 0.410 e. The maximum absolute atomic E-state index is 12.4. The number of amides is 2. The Kier molecular flexibility index (Phi) is 7.35. The molecule has 2 heterocycles. The summed E-state index contributed by atoms with van der Waals surface area (Å²) >= 11 is 6.05. The van der Waals surface area contributed by atoms with Crippen molar-refractivity contribution in [3.05, 3.63) is 32.8 Å². The van der Waals surface area contributed by atoms with E-state index < -0.39 is 27.7 Å². The van der Waals surface area contributed by atoms with Crippen LogP contribution in [0.5, 0.6) is 5.75 Å². The molecule has 2 aliphatic rings. The number of carbonyl (C=O) groups excluding carboxylic acids is 2. The molecule has 3 rings (SSSR count). The van der Waals surface area contributed by atoms with Gasteiger partial charge >= 0.3 is 6.09 Å². The Morgan fingerprint density at radius 3 is 2.61 bits per heavy atom. The lowest BCUT2D eigenvalue weighted by atomic mass is 9.91. The lowest BCUT2D eigenvalue weighted by molar-refractivity contribution is -0.384. The van der Waals surface area contributed by atoms with Gasteiger partial charge in [0.05, 0.1) is 24.7 Å². The molecule has 1 aromatic rings. The second-order valence-electron chi connectivity index (χ2n) is 9.27. The van der Waals surface area contributed by atoms with Gasteiger partial charge in [0.25, 0.3) is 5.69 Å². The first-order chi connectivity index (χ1) is 15.4. The van der Waals surface area contributed by atoms with Gasteiger partial charge in [0, 0.05) is 37.8 Å².